The first-order valence-electron chi connectivity index (χ1n) is 7.65. The Balaban J connectivity index is 1.91. The molecule has 0 spiro atoms. The molecular weight excluding hydrogens is 328 g/mol. The number of hydrogen-bond acceptors (Lipinski definition) is 5. The summed E-state index contributed by atoms with van der Waals surface area (Å²) in [5.74, 6) is 0.675. The van der Waals surface area contributed by atoms with Crippen LogP contribution in [0.3, 0.4) is 0 Å². The molecule has 0 aliphatic carbocycles. The molecule has 3 heterocycles. The Bertz CT molecular complexity index is 944. The molecule has 8 heteroatoms. The molecule has 0 aromatic carbocycles. The van der Waals surface area contributed by atoms with E-state index in [-0.39, 0.29) is 5.56 Å². The van der Waals surface area contributed by atoms with E-state index in [0.717, 1.165) is 11.2 Å². The summed E-state index contributed by atoms with van der Waals surface area (Å²) in [5, 5.41) is 0. The molecule has 0 unspecified atom stereocenters. The molecule has 0 atom stereocenters. The number of fused-ring (bicyclic) bond motifs is 1. The second-order valence-corrected chi connectivity index (χ2v) is 5.46. The van der Waals surface area contributed by atoms with E-state index in [1.807, 2.05) is 29.7 Å². The number of rotatable bonds is 7. The molecule has 0 saturated heterocycles. The highest BCUT2D eigenvalue weighted by atomic mass is 32.1. The molecule has 0 radical (unpaired) electrons. The molecule has 3 rings (SSSR count). The third kappa shape index (κ3) is 3.39. The van der Waals surface area contributed by atoms with Gasteiger partial charge in [0.2, 0.25) is 0 Å². The molecule has 126 valence electrons. The van der Waals surface area contributed by atoms with Gasteiger partial charge in [0.05, 0.1) is 18.7 Å². The third-order valence-electron chi connectivity index (χ3n) is 3.55. The summed E-state index contributed by atoms with van der Waals surface area (Å²) < 4.78 is 13.2. The largest absolute Gasteiger partial charge is 0.489 e. The average molecular weight is 346 g/mol. The van der Waals surface area contributed by atoms with Crippen LogP contribution in [0.2, 0.25) is 0 Å². The Morgan fingerprint density at radius 2 is 2.21 bits per heavy atom. The lowest BCUT2D eigenvalue weighted by Gasteiger charge is -2.13. The van der Waals surface area contributed by atoms with E-state index in [1.54, 1.807) is 12.4 Å². The molecule has 0 bridgehead atoms. The fraction of sp³-hybridized carbons (Fsp3) is 0.312. The van der Waals surface area contributed by atoms with Gasteiger partial charge in [-0.15, -0.1) is 0 Å². The van der Waals surface area contributed by atoms with Gasteiger partial charge in [0.1, 0.15) is 23.6 Å². The van der Waals surface area contributed by atoms with Crippen LogP contribution in [0.4, 0.5) is 0 Å². The van der Waals surface area contributed by atoms with Crippen molar-refractivity contribution in [1.82, 2.24) is 19.5 Å². The monoisotopic (exact) mass is 346 g/mol. The first-order valence-corrected chi connectivity index (χ1v) is 8.06. The fourth-order valence-corrected chi connectivity index (χ4v) is 2.70. The molecule has 2 N–H and O–H groups in total. The number of ether oxygens (including phenoxy) is 2. The first kappa shape index (κ1) is 16.4. The number of aromatic amines is 2. The second kappa shape index (κ2) is 7.41. The molecule has 7 nitrogen and oxygen atoms in total. The van der Waals surface area contributed by atoms with Crippen LogP contribution in [-0.4, -0.2) is 39.3 Å². The Kier molecular flexibility index (Phi) is 5.07. The smallest absolute Gasteiger partial charge is 0.276 e. The van der Waals surface area contributed by atoms with Gasteiger partial charge in [-0.1, -0.05) is 0 Å². The van der Waals surface area contributed by atoms with Gasteiger partial charge < -0.3 is 19.0 Å². The van der Waals surface area contributed by atoms with Crippen LogP contribution < -0.4 is 10.3 Å². The molecule has 3 aromatic heterocycles. The lowest BCUT2D eigenvalue weighted by Crippen LogP contribution is -2.16. The minimum absolute atomic E-state index is 0.231. The zero-order chi connectivity index (χ0) is 16.9. The molecule has 24 heavy (non-hydrogen) atoms. The van der Waals surface area contributed by atoms with Crippen molar-refractivity contribution in [3.05, 3.63) is 51.4 Å². The topological polar surface area (TPSA) is 84.9 Å². The van der Waals surface area contributed by atoms with Crippen LogP contribution in [-0.2, 0) is 11.3 Å². The molecular formula is C16H18N4O3S. The van der Waals surface area contributed by atoms with Crippen molar-refractivity contribution < 1.29 is 9.47 Å². The van der Waals surface area contributed by atoms with E-state index in [9.17, 15) is 4.79 Å². The van der Waals surface area contributed by atoms with Gasteiger partial charge >= 0.3 is 0 Å². The van der Waals surface area contributed by atoms with Crippen molar-refractivity contribution in [1.29, 1.82) is 0 Å². The Morgan fingerprint density at radius 3 is 3.04 bits per heavy atom. The van der Waals surface area contributed by atoms with Gasteiger partial charge in [0, 0.05) is 19.0 Å². The predicted octanol–water partition coefficient (Wildman–Crippen LogP) is 2.25. The van der Waals surface area contributed by atoms with E-state index in [1.165, 1.54) is 0 Å². The highest BCUT2D eigenvalue weighted by molar-refractivity contribution is 7.71. The SMILES string of the molecule is CCOCCOc1cccnc1Cn1c(=S)[nH]c(=O)c2[nH]ccc21. The normalized spacial score (nSPS) is 11.0. The predicted molar refractivity (Wildman–Crippen MR) is 93.1 cm³/mol. The molecule has 0 aliphatic rings. The van der Waals surface area contributed by atoms with Crippen LogP contribution in [0.25, 0.3) is 11.0 Å². The quantitative estimate of drug-likeness (QED) is 0.506. The van der Waals surface area contributed by atoms with Crippen LogP contribution in [0, 0.1) is 4.77 Å². The summed E-state index contributed by atoms with van der Waals surface area (Å²) in [4.78, 5) is 21.9. The Morgan fingerprint density at radius 1 is 1.33 bits per heavy atom. The van der Waals surface area contributed by atoms with E-state index < -0.39 is 0 Å². The maximum Gasteiger partial charge on any atom is 0.276 e. The maximum absolute atomic E-state index is 11.9. The number of nitrogens with one attached hydrogen (secondary N) is 2. The van der Waals surface area contributed by atoms with Gasteiger partial charge in [0.25, 0.3) is 5.56 Å². The highest BCUT2D eigenvalue weighted by Crippen LogP contribution is 2.18. The number of pyridine rings is 1. The van der Waals surface area contributed by atoms with Crippen molar-refractivity contribution in [3.63, 3.8) is 0 Å². The van der Waals surface area contributed by atoms with E-state index in [2.05, 4.69) is 15.0 Å². The summed E-state index contributed by atoms with van der Waals surface area (Å²) in [6.45, 7) is 3.96. The average Bonchev–Trinajstić information content (AvgIpc) is 3.07. The van der Waals surface area contributed by atoms with E-state index >= 15 is 0 Å². The summed E-state index contributed by atoms with van der Waals surface area (Å²) >= 11 is 5.30. The van der Waals surface area contributed by atoms with E-state index in [4.69, 9.17) is 21.7 Å². The standard InChI is InChI=1S/C16H18N4O3S/c1-2-22-8-9-23-13-4-3-6-17-11(13)10-20-12-5-7-18-14(12)15(21)19-16(20)24/h3-7,18H,2,8-10H2,1H3,(H,19,21,24). The molecule has 0 amide bonds. The van der Waals surface area contributed by atoms with Gasteiger partial charge in [-0.05, 0) is 37.3 Å². The Labute approximate surface area is 143 Å². The van der Waals surface area contributed by atoms with Gasteiger partial charge in [-0.25, -0.2) is 0 Å². The Hall–Kier alpha value is -2.45. The zero-order valence-corrected chi connectivity index (χ0v) is 14.1. The molecule has 3 aromatic rings. The van der Waals surface area contributed by atoms with Crippen molar-refractivity contribution in [2.75, 3.05) is 19.8 Å². The first-order chi connectivity index (χ1) is 11.7. The minimum Gasteiger partial charge on any atom is -0.489 e. The molecule has 0 aliphatic heterocycles. The lowest BCUT2D eigenvalue weighted by atomic mass is 10.3. The fourth-order valence-electron chi connectivity index (χ4n) is 2.44. The zero-order valence-electron chi connectivity index (χ0n) is 13.2. The van der Waals surface area contributed by atoms with Gasteiger partial charge in [-0.3, -0.25) is 14.8 Å². The third-order valence-corrected chi connectivity index (χ3v) is 3.88. The van der Waals surface area contributed by atoms with Gasteiger partial charge in [-0.2, -0.15) is 0 Å². The maximum atomic E-state index is 11.9. The number of aromatic nitrogens is 4. The van der Waals surface area contributed by atoms with Crippen LogP contribution in [0.5, 0.6) is 5.75 Å². The van der Waals surface area contributed by atoms with E-state index in [0.29, 0.717) is 42.4 Å². The summed E-state index contributed by atoms with van der Waals surface area (Å²) in [7, 11) is 0. The highest BCUT2D eigenvalue weighted by Gasteiger charge is 2.11. The summed E-state index contributed by atoms with van der Waals surface area (Å²) in [6.07, 6.45) is 3.41. The van der Waals surface area contributed by atoms with Crippen molar-refractivity contribution >= 4 is 23.3 Å². The number of hydrogen-bond donors (Lipinski definition) is 2. The minimum atomic E-state index is -0.231. The summed E-state index contributed by atoms with van der Waals surface area (Å²) in [5.41, 5.74) is 1.72. The summed E-state index contributed by atoms with van der Waals surface area (Å²) in [6, 6.07) is 5.49. The molecule has 0 saturated carbocycles. The number of nitrogens with zero attached hydrogens (tertiary/aromatic N) is 2. The van der Waals surface area contributed by atoms with Crippen LogP contribution >= 0.6 is 12.2 Å². The van der Waals surface area contributed by atoms with Crippen molar-refractivity contribution in [2.24, 2.45) is 0 Å². The molecule has 0 fully saturated rings. The van der Waals surface area contributed by atoms with Crippen molar-refractivity contribution in [3.8, 4) is 5.75 Å². The van der Waals surface area contributed by atoms with Crippen LogP contribution in [0.15, 0.2) is 35.4 Å². The van der Waals surface area contributed by atoms with Crippen molar-refractivity contribution in [2.45, 2.75) is 13.5 Å². The van der Waals surface area contributed by atoms with Gasteiger partial charge in [0.15, 0.2) is 4.77 Å². The lowest BCUT2D eigenvalue weighted by molar-refractivity contribution is 0.109. The second-order valence-electron chi connectivity index (χ2n) is 5.08. The van der Waals surface area contributed by atoms with Crippen LogP contribution in [0.1, 0.15) is 12.6 Å². The number of H-pyrrole nitrogens is 2.